The summed E-state index contributed by atoms with van der Waals surface area (Å²) < 4.78 is 1.96. The molecule has 2 aromatic heterocycles. The molecule has 0 atom stereocenters. The van der Waals surface area contributed by atoms with Gasteiger partial charge in [-0.1, -0.05) is 24.3 Å². The highest BCUT2D eigenvalue weighted by Gasteiger charge is 2.17. The van der Waals surface area contributed by atoms with Gasteiger partial charge < -0.3 is 14.8 Å². The molecule has 31 heavy (non-hydrogen) atoms. The number of carbonyl (C=O) groups is 2. The van der Waals surface area contributed by atoms with Gasteiger partial charge in [-0.25, -0.2) is 4.98 Å². The Morgan fingerprint density at radius 1 is 1.06 bits per heavy atom. The lowest BCUT2D eigenvalue weighted by atomic mass is 10.2. The fourth-order valence-electron chi connectivity index (χ4n) is 3.37. The maximum Gasteiger partial charge on any atom is 0.251 e. The molecule has 0 fully saturated rings. The van der Waals surface area contributed by atoms with Crippen LogP contribution in [0.4, 0.5) is 0 Å². The molecular formula is C24H27N5O2. The fraction of sp³-hybridized carbons (Fsp3) is 0.250. The minimum atomic E-state index is -0.129. The second-order valence-electron chi connectivity index (χ2n) is 7.07. The molecule has 0 saturated heterocycles. The second kappa shape index (κ2) is 10.9. The van der Waals surface area contributed by atoms with Gasteiger partial charge in [0.05, 0.1) is 11.0 Å². The number of hydrogen-bond acceptors (Lipinski definition) is 4. The van der Waals surface area contributed by atoms with Gasteiger partial charge in [-0.3, -0.25) is 14.6 Å². The predicted molar refractivity (Wildman–Crippen MR) is 122 cm³/mol. The van der Waals surface area contributed by atoms with E-state index in [1.165, 1.54) is 0 Å². The zero-order valence-electron chi connectivity index (χ0n) is 17.5. The van der Waals surface area contributed by atoms with Crippen LogP contribution < -0.4 is 5.32 Å². The van der Waals surface area contributed by atoms with Crippen molar-refractivity contribution in [2.24, 2.45) is 0 Å². The minimum absolute atomic E-state index is 0.0183. The van der Waals surface area contributed by atoms with Crippen molar-refractivity contribution in [3.05, 3.63) is 85.5 Å². The third kappa shape index (κ3) is 5.66. The van der Waals surface area contributed by atoms with E-state index in [4.69, 9.17) is 4.98 Å². The first-order chi connectivity index (χ1) is 15.1. The number of amides is 2. The van der Waals surface area contributed by atoms with Gasteiger partial charge >= 0.3 is 0 Å². The summed E-state index contributed by atoms with van der Waals surface area (Å²) >= 11 is 0. The molecule has 0 bridgehead atoms. The minimum Gasteiger partial charge on any atom is -0.352 e. The Labute approximate surface area is 182 Å². The van der Waals surface area contributed by atoms with E-state index < -0.39 is 0 Å². The summed E-state index contributed by atoms with van der Waals surface area (Å²) in [5, 5.41) is 2.91. The van der Waals surface area contributed by atoms with Crippen molar-refractivity contribution < 1.29 is 9.59 Å². The Balaban J connectivity index is 1.68. The molecule has 2 amide bonds. The number of aryl methyl sites for hydroxylation is 1. The number of aromatic nitrogens is 3. The number of para-hydroxylation sites is 2. The van der Waals surface area contributed by atoms with E-state index >= 15 is 0 Å². The zero-order chi connectivity index (χ0) is 22.1. The first kappa shape index (κ1) is 22.0. The summed E-state index contributed by atoms with van der Waals surface area (Å²) in [6, 6.07) is 11.1. The number of rotatable bonds is 11. The lowest BCUT2D eigenvalue weighted by Crippen LogP contribution is -2.34. The Morgan fingerprint density at radius 2 is 1.77 bits per heavy atom. The average molecular weight is 418 g/mol. The zero-order valence-corrected chi connectivity index (χ0v) is 17.5. The molecule has 1 aromatic carbocycles. The molecule has 0 spiro atoms. The van der Waals surface area contributed by atoms with Crippen LogP contribution in [-0.4, -0.2) is 50.9 Å². The van der Waals surface area contributed by atoms with Gasteiger partial charge in [-0.05, 0) is 30.7 Å². The third-order valence-electron chi connectivity index (χ3n) is 4.88. The maximum atomic E-state index is 12.9. The molecular weight excluding hydrogens is 390 g/mol. The fourth-order valence-corrected chi connectivity index (χ4v) is 3.37. The van der Waals surface area contributed by atoms with E-state index in [2.05, 4.69) is 23.5 Å². The lowest BCUT2D eigenvalue weighted by molar-refractivity contribution is -0.130. The van der Waals surface area contributed by atoms with E-state index in [1.54, 1.807) is 41.6 Å². The summed E-state index contributed by atoms with van der Waals surface area (Å²) in [5.74, 6) is 0.677. The first-order valence-corrected chi connectivity index (χ1v) is 10.3. The van der Waals surface area contributed by atoms with Crippen molar-refractivity contribution in [1.82, 2.24) is 24.8 Å². The Morgan fingerprint density at radius 3 is 2.48 bits per heavy atom. The maximum absolute atomic E-state index is 12.9. The SMILES string of the molecule is C=CCN(CC=C)C(=O)Cn1c(CCCNC(=O)c2ccncc2)nc2ccccc21. The largest absolute Gasteiger partial charge is 0.352 e. The highest BCUT2D eigenvalue weighted by Crippen LogP contribution is 2.17. The molecule has 7 nitrogen and oxygen atoms in total. The number of fused-ring (bicyclic) bond motifs is 1. The van der Waals surface area contributed by atoms with Crippen molar-refractivity contribution in [2.75, 3.05) is 19.6 Å². The van der Waals surface area contributed by atoms with E-state index in [-0.39, 0.29) is 18.4 Å². The molecule has 3 aromatic rings. The molecule has 0 unspecified atom stereocenters. The Hall–Kier alpha value is -3.74. The smallest absolute Gasteiger partial charge is 0.251 e. The molecule has 160 valence electrons. The number of nitrogens with one attached hydrogen (secondary N) is 1. The van der Waals surface area contributed by atoms with Crippen LogP contribution in [0.25, 0.3) is 11.0 Å². The van der Waals surface area contributed by atoms with Crippen LogP contribution in [0.1, 0.15) is 22.6 Å². The van der Waals surface area contributed by atoms with Crippen molar-refractivity contribution in [3.63, 3.8) is 0 Å². The lowest BCUT2D eigenvalue weighted by Gasteiger charge is -2.20. The Bertz CT molecular complexity index is 1050. The van der Waals surface area contributed by atoms with Gasteiger partial charge in [0.1, 0.15) is 12.4 Å². The molecule has 7 heteroatoms. The molecule has 0 aliphatic carbocycles. The van der Waals surface area contributed by atoms with Crippen molar-refractivity contribution >= 4 is 22.8 Å². The molecule has 3 rings (SSSR count). The highest BCUT2D eigenvalue weighted by molar-refractivity contribution is 5.93. The summed E-state index contributed by atoms with van der Waals surface area (Å²) in [7, 11) is 0. The number of hydrogen-bond donors (Lipinski definition) is 1. The van der Waals surface area contributed by atoms with E-state index in [1.807, 2.05) is 28.8 Å². The quantitative estimate of drug-likeness (QED) is 0.384. The van der Waals surface area contributed by atoms with E-state index in [0.29, 0.717) is 38.0 Å². The van der Waals surface area contributed by atoms with Crippen LogP contribution >= 0.6 is 0 Å². The van der Waals surface area contributed by atoms with Crippen LogP contribution in [0, 0.1) is 0 Å². The van der Waals surface area contributed by atoms with Crippen LogP contribution in [0.3, 0.4) is 0 Å². The third-order valence-corrected chi connectivity index (χ3v) is 4.88. The van der Waals surface area contributed by atoms with Gasteiger partial charge in [0.15, 0.2) is 0 Å². The molecule has 0 aliphatic heterocycles. The van der Waals surface area contributed by atoms with Crippen LogP contribution in [-0.2, 0) is 17.8 Å². The molecule has 0 aliphatic rings. The normalized spacial score (nSPS) is 10.6. The molecule has 2 heterocycles. The highest BCUT2D eigenvalue weighted by atomic mass is 16.2. The van der Waals surface area contributed by atoms with Gasteiger partial charge in [0.25, 0.3) is 5.91 Å². The van der Waals surface area contributed by atoms with Gasteiger partial charge in [-0.2, -0.15) is 0 Å². The summed E-state index contributed by atoms with van der Waals surface area (Å²) in [4.78, 5) is 35.4. The van der Waals surface area contributed by atoms with Gasteiger partial charge in [0.2, 0.25) is 5.91 Å². The van der Waals surface area contributed by atoms with Crippen LogP contribution in [0.15, 0.2) is 74.1 Å². The number of carbonyl (C=O) groups excluding carboxylic acids is 2. The van der Waals surface area contributed by atoms with E-state index in [9.17, 15) is 9.59 Å². The summed E-state index contributed by atoms with van der Waals surface area (Å²) in [5.41, 5.74) is 2.35. The summed E-state index contributed by atoms with van der Waals surface area (Å²) in [6.45, 7) is 9.10. The standard InChI is InChI=1S/C24H27N5O2/c1-3-16-28(17-4-2)23(30)18-29-21-9-6-5-8-20(21)27-22(29)10-7-13-26-24(31)19-11-14-25-15-12-19/h3-6,8-9,11-12,14-15H,1-2,7,10,13,16-18H2,(H,26,31). The first-order valence-electron chi connectivity index (χ1n) is 10.3. The number of imidazole rings is 1. The Kier molecular flexibility index (Phi) is 7.70. The van der Waals surface area contributed by atoms with Crippen molar-refractivity contribution in [3.8, 4) is 0 Å². The van der Waals surface area contributed by atoms with Crippen molar-refractivity contribution in [1.29, 1.82) is 0 Å². The average Bonchev–Trinajstić information content (AvgIpc) is 3.14. The molecule has 0 saturated carbocycles. The van der Waals surface area contributed by atoms with Crippen molar-refractivity contribution in [2.45, 2.75) is 19.4 Å². The predicted octanol–water partition coefficient (Wildman–Crippen LogP) is 2.99. The topological polar surface area (TPSA) is 80.1 Å². The number of pyridine rings is 1. The second-order valence-corrected chi connectivity index (χ2v) is 7.07. The van der Waals surface area contributed by atoms with E-state index in [0.717, 1.165) is 16.9 Å². The monoisotopic (exact) mass is 417 g/mol. The summed E-state index contributed by atoms with van der Waals surface area (Å²) in [6.07, 6.45) is 7.95. The molecule has 1 N–H and O–H groups in total. The number of nitrogens with zero attached hydrogens (tertiary/aromatic N) is 4. The van der Waals surface area contributed by atoms with Gasteiger partial charge in [-0.15, -0.1) is 13.2 Å². The number of benzene rings is 1. The molecule has 0 radical (unpaired) electrons. The van der Waals surface area contributed by atoms with Crippen LogP contribution in [0.5, 0.6) is 0 Å². The van der Waals surface area contributed by atoms with Gasteiger partial charge in [0, 0.05) is 44.0 Å². The van der Waals surface area contributed by atoms with Crippen LogP contribution in [0.2, 0.25) is 0 Å².